The summed E-state index contributed by atoms with van der Waals surface area (Å²) >= 11 is 0. The molecule has 5 atom stereocenters. The fraction of sp³-hybridized carbons (Fsp3) is 0.933. The van der Waals surface area contributed by atoms with E-state index in [2.05, 4.69) is 4.90 Å². The Hall–Kier alpha value is -0.610. The maximum absolute atomic E-state index is 12.8. The first-order valence-corrected chi connectivity index (χ1v) is 8.00. The SMILES string of the molecule is O=C1[C@H]2C[C@H](CN3CCCC[C@H]23)[C@@H]2CCCC(O)N12. The molecular formula is C15H24N2O2. The number of nitrogens with zero attached hydrogens (tertiary/aromatic N) is 2. The molecule has 0 aromatic rings. The third-order valence-electron chi connectivity index (χ3n) is 5.91. The van der Waals surface area contributed by atoms with Gasteiger partial charge >= 0.3 is 0 Å². The third kappa shape index (κ3) is 1.76. The number of fused-ring (bicyclic) bond motifs is 6. The fourth-order valence-corrected chi connectivity index (χ4v) is 5.08. The van der Waals surface area contributed by atoms with Crippen LogP contribution in [-0.4, -0.2) is 52.2 Å². The van der Waals surface area contributed by atoms with Crippen molar-refractivity contribution >= 4 is 5.91 Å². The highest BCUT2D eigenvalue weighted by Gasteiger charge is 2.52. The van der Waals surface area contributed by atoms with E-state index < -0.39 is 6.23 Å². The summed E-state index contributed by atoms with van der Waals surface area (Å²) in [5.41, 5.74) is 0. The Balaban J connectivity index is 1.65. The number of hydrogen-bond acceptors (Lipinski definition) is 3. The van der Waals surface area contributed by atoms with Gasteiger partial charge in [-0.05, 0) is 51.0 Å². The number of aliphatic hydroxyl groups is 1. The van der Waals surface area contributed by atoms with E-state index in [9.17, 15) is 9.90 Å². The first-order chi connectivity index (χ1) is 9.25. The van der Waals surface area contributed by atoms with Gasteiger partial charge in [0.2, 0.25) is 5.91 Å². The zero-order chi connectivity index (χ0) is 13.0. The van der Waals surface area contributed by atoms with Crippen molar-refractivity contribution in [1.29, 1.82) is 0 Å². The predicted molar refractivity (Wildman–Crippen MR) is 71.3 cm³/mol. The molecule has 0 aromatic carbocycles. The van der Waals surface area contributed by atoms with Gasteiger partial charge in [0, 0.05) is 18.6 Å². The largest absolute Gasteiger partial charge is 0.374 e. The molecule has 0 aromatic heterocycles. The van der Waals surface area contributed by atoms with Crippen molar-refractivity contribution in [3.05, 3.63) is 0 Å². The molecule has 1 unspecified atom stereocenters. The number of amides is 1. The summed E-state index contributed by atoms with van der Waals surface area (Å²) in [5, 5.41) is 10.2. The topological polar surface area (TPSA) is 43.8 Å². The Morgan fingerprint density at radius 2 is 1.89 bits per heavy atom. The maximum atomic E-state index is 12.8. The Morgan fingerprint density at radius 1 is 1.05 bits per heavy atom. The summed E-state index contributed by atoms with van der Waals surface area (Å²) in [4.78, 5) is 17.2. The maximum Gasteiger partial charge on any atom is 0.229 e. The Bertz CT molecular complexity index is 386. The van der Waals surface area contributed by atoms with Crippen molar-refractivity contribution in [3.63, 3.8) is 0 Å². The normalized spacial score (nSPS) is 46.7. The van der Waals surface area contributed by atoms with E-state index in [4.69, 9.17) is 0 Å². The van der Waals surface area contributed by atoms with Gasteiger partial charge in [-0.1, -0.05) is 6.42 Å². The third-order valence-corrected chi connectivity index (χ3v) is 5.91. The van der Waals surface area contributed by atoms with Gasteiger partial charge in [0.1, 0.15) is 6.23 Å². The van der Waals surface area contributed by atoms with E-state index in [0.717, 1.165) is 32.2 Å². The molecule has 0 radical (unpaired) electrons. The number of aliphatic hydroxyl groups excluding tert-OH is 1. The van der Waals surface area contributed by atoms with Crippen molar-refractivity contribution in [3.8, 4) is 0 Å². The van der Waals surface area contributed by atoms with E-state index in [-0.39, 0.29) is 11.8 Å². The predicted octanol–water partition coefficient (Wildman–Crippen LogP) is 1.19. The number of rotatable bonds is 0. The van der Waals surface area contributed by atoms with E-state index in [1.165, 1.54) is 25.8 Å². The van der Waals surface area contributed by atoms with Crippen LogP contribution >= 0.6 is 0 Å². The quantitative estimate of drug-likeness (QED) is 0.715. The minimum atomic E-state index is -0.508. The van der Waals surface area contributed by atoms with Crippen molar-refractivity contribution in [2.45, 2.75) is 63.3 Å². The minimum Gasteiger partial charge on any atom is -0.374 e. The zero-order valence-electron chi connectivity index (χ0n) is 11.5. The van der Waals surface area contributed by atoms with Crippen LogP contribution in [0, 0.1) is 11.8 Å². The molecule has 106 valence electrons. The zero-order valence-corrected chi connectivity index (χ0v) is 11.5. The minimum absolute atomic E-state index is 0.169. The number of carbonyl (C=O) groups is 1. The van der Waals surface area contributed by atoms with Crippen LogP contribution in [0.2, 0.25) is 0 Å². The van der Waals surface area contributed by atoms with Crippen LogP contribution in [0.15, 0.2) is 0 Å². The molecule has 4 heteroatoms. The standard InChI is InChI=1S/C15H24N2O2/c18-14-6-3-5-12-10-8-11(15(19)17(12)14)13-4-1-2-7-16(13)9-10/h10-14,18H,1-9H2/t10-,11+,12+,13-,14?/m1/s1. The van der Waals surface area contributed by atoms with Crippen LogP contribution < -0.4 is 0 Å². The molecule has 4 heterocycles. The smallest absolute Gasteiger partial charge is 0.229 e. The lowest BCUT2D eigenvalue weighted by molar-refractivity contribution is -0.179. The van der Waals surface area contributed by atoms with Crippen LogP contribution in [0.5, 0.6) is 0 Å². The highest BCUT2D eigenvalue weighted by Crippen LogP contribution is 2.44. The van der Waals surface area contributed by atoms with Crippen LogP contribution in [-0.2, 0) is 4.79 Å². The number of hydrogen-bond donors (Lipinski definition) is 1. The van der Waals surface area contributed by atoms with Gasteiger partial charge in [-0.3, -0.25) is 9.69 Å². The lowest BCUT2D eigenvalue weighted by Gasteiger charge is -2.57. The van der Waals surface area contributed by atoms with Gasteiger partial charge in [0.25, 0.3) is 0 Å². The number of carbonyl (C=O) groups excluding carboxylic acids is 1. The van der Waals surface area contributed by atoms with Gasteiger partial charge < -0.3 is 10.0 Å². The van der Waals surface area contributed by atoms with E-state index in [0.29, 0.717) is 18.0 Å². The van der Waals surface area contributed by atoms with E-state index in [1.54, 1.807) is 0 Å². The van der Waals surface area contributed by atoms with Gasteiger partial charge in [0.15, 0.2) is 0 Å². The molecule has 0 aliphatic carbocycles. The van der Waals surface area contributed by atoms with Gasteiger partial charge in [-0.2, -0.15) is 0 Å². The summed E-state index contributed by atoms with van der Waals surface area (Å²) in [5.74, 6) is 1.03. The molecule has 0 saturated carbocycles. The van der Waals surface area contributed by atoms with Crippen LogP contribution in [0.3, 0.4) is 0 Å². The first-order valence-electron chi connectivity index (χ1n) is 8.00. The molecule has 4 fully saturated rings. The second kappa shape index (κ2) is 4.45. The Morgan fingerprint density at radius 3 is 2.79 bits per heavy atom. The van der Waals surface area contributed by atoms with Crippen LogP contribution in [0.1, 0.15) is 44.9 Å². The average Bonchev–Trinajstić information content (AvgIpc) is 2.44. The molecule has 0 spiro atoms. The van der Waals surface area contributed by atoms with Crippen LogP contribution in [0.4, 0.5) is 0 Å². The van der Waals surface area contributed by atoms with Gasteiger partial charge in [-0.15, -0.1) is 0 Å². The fourth-order valence-electron chi connectivity index (χ4n) is 5.08. The summed E-state index contributed by atoms with van der Waals surface area (Å²) in [6.07, 6.45) is 7.25. The Kier molecular flexibility index (Phi) is 2.85. The second-order valence-electron chi connectivity index (χ2n) is 6.88. The van der Waals surface area contributed by atoms with Crippen molar-refractivity contribution in [1.82, 2.24) is 9.80 Å². The molecule has 4 saturated heterocycles. The highest BCUT2D eigenvalue weighted by atomic mass is 16.3. The molecule has 2 bridgehead atoms. The molecule has 1 N–H and O–H groups in total. The summed E-state index contributed by atoms with van der Waals surface area (Å²) in [6, 6.07) is 0.781. The molecule has 4 rings (SSSR count). The molecule has 4 nitrogen and oxygen atoms in total. The molecular weight excluding hydrogens is 240 g/mol. The van der Waals surface area contributed by atoms with Gasteiger partial charge in [-0.25, -0.2) is 0 Å². The van der Waals surface area contributed by atoms with Gasteiger partial charge in [0.05, 0.1) is 5.92 Å². The Labute approximate surface area is 114 Å². The molecule has 1 amide bonds. The lowest BCUT2D eigenvalue weighted by Crippen LogP contribution is -2.67. The van der Waals surface area contributed by atoms with E-state index >= 15 is 0 Å². The monoisotopic (exact) mass is 264 g/mol. The molecule has 4 aliphatic rings. The van der Waals surface area contributed by atoms with E-state index in [1.807, 2.05) is 4.90 Å². The van der Waals surface area contributed by atoms with Crippen LogP contribution in [0.25, 0.3) is 0 Å². The van der Waals surface area contributed by atoms with Crippen molar-refractivity contribution < 1.29 is 9.90 Å². The molecule has 19 heavy (non-hydrogen) atoms. The summed E-state index contributed by atoms with van der Waals surface area (Å²) in [7, 11) is 0. The van der Waals surface area contributed by atoms with Crippen molar-refractivity contribution in [2.24, 2.45) is 11.8 Å². The summed E-state index contributed by atoms with van der Waals surface area (Å²) < 4.78 is 0. The second-order valence-corrected chi connectivity index (χ2v) is 6.88. The number of piperidine rings is 4. The lowest BCUT2D eigenvalue weighted by atomic mass is 9.70. The highest BCUT2D eigenvalue weighted by molar-refractivity contribution is 5.81. The first kappa shape index (κ1) is 12.2. The average molecular weight is 264 g/mol. The molecule has 4 aliphatic heterocycles. The summed E-state index contributed by atoms with van der Waals surface area (Å²) in [6.45, 7) is 2.34. The van der Waals surface area contributed by atoms with Crippen molar-refractivity contribution in [2.75, 3.05) is 13.1 Å².